The first kappa shape index (κ1) is 21.3. The Morgan fingerprint density at radius 1 is 1.25 bits per heavy atom. The topological polar surface area (TPSA) is 99.1 Å². The maximum atomic E-state index is 13.3. The van der Waals surface area contributed by atoms with Gasteiger partial charge in [0, 0.05) is 30.9 Å². The molecule has 0 spiro atoms. The number of nitrogens with zero attached hydrogens (tertiary/aromatic N) is 1. The van der Waals surface area contributed by atoms with Gasteiger partial charge in [-0.3, -0.25) is 9.59 Å². The molecule has 0 saturated carbocycles. The Hall–Kier alpha value is -2.97. The predicted octanol–water partition coefficient (Wildman–Crippen LogP) is 1.82. The minimum atomic E-state index is -1.04. The van der Waals surface area contributed by atoms with Gasteiger partial charge in [0.05, 0.1) is 25.4 Å². The van der Waals surface area contributed by atoms with Crippen LogP contribution in [-0.4, -0.2) is 60.3 Å². The zero-order valence-corrected chi connectivity index (χ0v) is 15.9. The van der Waals surface area contributed by atoms with Crippen LogP contribution in [0.25, 0.3) is 0 Å². The van der Waals surface area contributed by atoms with Crippen molar-refractivity contribution in [2.45, 2.75) is 13.0 Å². The average Bonchev–Trinajstić information content (AvgIpc) is 2.68. The Morgan fingerprint density at radius 2 is 1.96 bits per heavy atom. The van der Waals surface area contributed by atoms with Crippen LogP contribution in [0, 0.1) is 12.7 Å². The second-order valence-electron chi connectivity index (χ2n) is 6.35. The lowest BCUT2D eigenvalue weighted by Crippen LogP contribution is -2.35. The highest BCUT2D eigenvalue weighted by molar-refractivity contribution is 6.07. The molecule has 2 aromatic rings. The fourth-order valence-electron chi connectivity index (χ4n) is 2.61. The normalized spacial score (nSPS) is 11.6. The number of rotatable bonds is 7. The third kappa shape index (κ3) is 5.05. The molecule has 0 aliphatic heterocycles. The van der Waals surface area contributed by atoms with Gasteiger partial charge in [0.25, 0.3) is 11.8 Å². The number of hydrogen-bond acceptors (Lipinski definition) is 5. The van der Waals surface area contributed by atoms with E-state index in [1.807, 2.05) is 0 Å². The summed E-state index contributed by atoms with van der Waals surface area (Å²) in [7, 11) is 2.84. The molecule has 2 aromatic carbocycles. The summed E-state index contributed by atoms with van der Waals surface area (Å²) in [4.78, 5) is 26.4. The van der Waals surface area contributed by atoms with Crippen molar-refractivity contribution in [1.29, 1.82) is 0 Å². The van der Waals surface area contributed by atoms with Crippen molar-refractivity contribution in [3.05, 3.63) is 58.9 Å². The fourth-order valence-corrected chi connectivity index (χ4v) is 2.61. The highest BCUT2D eigenvalue weighted by Crippen LogP contribution is 2.23. The van der Waals surface area contributed by atoms with Crippen LogP contribution in [-0.2, 0) is 0 Å². The lowest BCUT2D eigenvalue weighted by atomic mass is 10.1. The van der Waals surface area contributed by atoms with E-state index in [0.717, 1.165) is 17.7 Å². The number of halogens is 1. The number of anilines is 1. The maximum Gasteiger partial charge on any atom is 0.259 e. The Balaban J connectivity index is 2.24. The van der Waals surface area contributed by atoms with E-state index in [4.69, 9.17) is 9.84 Å². The molecule has 0 radical (unpaired) electrons. The van der Waals surface area contributed by atoms with Gasteiger partial charge in [-0.1, -0.05) is 6.07 Å². The molecule has 8 heteroatoms. The number of likely N-dealkylation sites (N-methyl/N-ethyl adjacent to an activating group) is 1. The molecular formula is C20H23FN2O5. The van der Waals surface area contributed by atoms with Crippen LogP contribution in [0.3, 0.4) is 0 Å². The molecule has 0 saturated heterocycles. The van der Waals surface area contributed by atoms with Crippen molar-refractivity contribution >= 4 is 17.5 Å². The highest BCUT2D eigenvalue weighted by atomic mass is 19.1. The first-order valence-electron chi connectivity index (χ1n) is 8.56. The molecule has 0 aromatic heterocycles. The molecule has 150 valence electrons. The van der Waals surface area contributed by atoms with Crippen molar-refractivity contribution in [2.24, 2.45) is 0 Å². The molecule has 0 aliphatic carbocycles. The summed E-state index contributed by atoms with van der Waals surface area (Å²) in [6.07, 6.45) is -1.04. The molecule has 2 amide bonds. The van der Waals surface area contributed by atoms with Gasteiger partial charge in [-0.05, 0) is 36.8 Å². The van der Waals surface area contributed by atoms with E-state index in [-0.39, 0.29) is 23.8 Å². The zero-order valence-electron chi connectivity index (χ0n) is 15.9. The third-order valence-corrected chi connectivity index (χ3v) is 4.18. The van der Waals surface area contributed by atoms with Crippen LogP contribution in [0.15, 0.2) is 36.4 Å². The summed E-state index contributed by atoms with van der Waals surface area (Å²) in [5.74, 6) is -1.30. The third-order valence-electron chi connectivity index (χ3n) is 4.18. The number of hydrogen-bond donors (Lipinski definition) is 3. The second-order valence-corrected chi connectivity index (χ2v) is 6.35. The average molecular weight is 390 g/mol. The molecule has 0 aliphatic rings. The monoisotopic (exact) mass is 390 g/mol. The van der Waals surface area contributed by atoms with Gasteiger partial charge in [-0.25, -0.2) is 4.39 Å². The lowest BCUT2D eigenvalue weighted by Gasteiger charge is -2.20. The molecule has 1 atom stereocenters. The molecule has 0 heterocycles. The van der Waals surface area contributed by atoms with E-state index < -0.39 is 24.4 Å². The molecule has 1 unspecified atom stereocenters. The van der Waals surface area contributed by atoms with E-state index in [2.05, 4.69) is 5.32 Å². The van der Waals surface area contributed by atoms with Gasteiger partial charge >= 0.3 is 0 Å². The van der Waals surface area contributed by atoms with E-state index in [9.17, 15) is 19.1 Å². The number of carbonyl (C=O) groups excluding carboxylic acids is 2. The van der Waals surface area contributed by atoms with E-state index in [1.54, 1.807) is 19.1 Å². The van der Waals surface area contributed by atoms with Crippen LogP contribution >= 0.6 is 0 Å². The Morgan fingerprint density at radius 3 is 2.61 bits per heavy atom. The van der Waals surface area contributed by atoms with Crippen LogP contribution in [0.1, 0.15) is 26.3 Å². The fraction of sp³-hybridized carbons (Fsp3) is 0.300. The summed E-state index contributed by atoms with van der Waals surface area (Å²) in [6, 6.07) is 8.40. The van der Waals surface area contributed by atoms with E-state index >= 15 is 0 Å². The van der Waals surface area contributed by atoms with Crippen molar-refractivity contribution in [2.75, 3.05) is 32.6 Å². The molecular weight excluding hydrogens is 367 g/mol. The highest BCUT2D eigenvalue weighted by Gasteiger charge is 2.18. The van der Waals surface area contributed by atoms with Crippen LogP contribution < -0.4 is 10.1 Å². The molecule has 0 bridgehead atoms. The molecule has 7 nitrogen and oxygen atoms in total. The van der Waals surface area contributed by atoms with E-state index in [1.165, 1.54) is 31.2 Å². The SMILES string of the molecule is COc1cc(F)ccc1C(=O)Nc1cc(C(=O)N(C)CC(O)CO)ccc1C. The first-order chi connectivity index (χ1) is 13.3. The van der Waals surface area contributed by atoms with Gasteiger partial charge in [0.2, 0.25) is 0 Å². The molecule has 2 rings (SSSR count). The lowest BCUT2D eigenvalue weighted by molar-refractivity contribution is 0.0520. The van der Waals surface area contributed by atoms with Gasteiger partial charge < -0.3 is 25.2 Å². The number of amides is 2. The van der Waals surface area contributed by atoms with Crippen LogP contribution in [0.2, 0.25) is 0 Å². The Kier molecular flexibility index (Phi) is 7.08. The molecule has 3 N–H and O–H groups in total. The number of aliphatic hydroxyl groups is 2. The number of ether oxygens (including phenoxy) is 1. The second kappa shape index (κ2) is 9.29. The van der Waals surface area contributed by atoms with Crippen LogP contribution in [0.4, 0.5) is 10.1 Å². The number of aryl methyl sites for hydroxylation is 1. The maximum absolute atomic E-state index is 13.3. The van der Waals surface area contributed by atoms with Crippen molar-refractivity contribution in [1.82, 2.24) is 4.90 Å². The van der Waals surface area contributed by atoms with Crippen LogP contribution in [0.5, 0.6) is 5.75 Å². The summed E-state index contributed by atoms with van der Waals surface area (Å²) >= 11 is 0. The smallest absolute Gasteiger partial charge is 0.259 e. The minimum absolute atomic E-state index is 0.0301. The van der Waals surface area contributed by atoms with Gasteiger partial charge in [0.15, 0.2) is 0 Å². The predicted molar refractivity (Wildman–Crippen MR) is 102 cm³/mol. The Labute approximate surface area is 162 Å². The minimum Gasteiger partial charge on any atom is -0.496 e. The van der Waals surface area contributed by atoms with Crippen molar-refractivity contribution in [3.63, 3.8) is 0 Å². The summed E-state index contributed by atoms with van der Waals surface area (Å²) in [5, 5.41) is 21.1. The number of methoxy groups -OCH3 is 1. The summed E-state index contributed by atoms with van der Waals surface area (Å²) < 4.78 is 18.4. The Bertz CT molecular complexity index is 872. The summed E-state index contributed by atoms with van der Waals surface area (Å²) in [5.41, 5.74) is 1.60. The molecule has 28 heavy (non-hydrogen) atoms. The van der Waals surface area contributed by atoms with Gasteiger partial charge in [-0.15, -0.1) is 0 Å². The van der Waals surface area contributed by atoms with Gasteiger partial charge in [0.1, 0.15) is 11.6 Å². The first-order valence-corrected chi connectivity index (χ1v) is 8.56. The standard InChI is InChI=1S/C20H23FN2O5/c1-12-4-5-13(20(27)23(2)10-15(25)11-24)8-17(12)22-19(26)16-7-6-14(21)9-18(16)28-3/h4-9,15,24-25H,10-11H2,1-3H3,(H,22,26). The van der Waals surface area contributed by atoms with Gasteiger partial charge in [-0.2, -0.15) is 0 Å². The zero-order chi connectivity index (χ0) is 20.8. The largest absolute Gasteiger partial charge is 0.496 e. The summed E-state index contributed by atoms with van der Waals surface area (Å²) in [6.45, 7) is 1.29. The quantitative estimate of drug-likeness (QED) is 0.670. The molecule has 0 fully saturated rings. The number of benzene rings is 2. The number of carbonyl (C=O) groups is 2. The van der Waals surface area contributed by atoms with E-state index in [0.29, 0.717) is 11.3 Å². The van der Waals surface area contributed by atoms with Crippen molar-refractivity contribution < 1.29 is 28.9 Å². The number of nitrogens with one attached hydrogen (secondary N) is 1. The van der Waals surface area contributed by atoms with Crippen molar-refractivity contribution in [3.8, 4) is 5.75 Å². The number of aliphatic hydroxyl groups excluding tert-OH is 2.